The highest BCUT2D eigenvalue weighted by Gasteiger charge is 2.28. The van der Waals surface area contributed by atoms with Gasteiger partial charge in [0.1, 0.15) is 5.76 Å². The van der Waals surface area contributed by atoms with Crippen molar-refractivity contribution >= 4 is 5.91 Å². The van der Waals surface area contributed by atoms with Gasteiger partial charge in [-0.05, 0) is 36.1 Å². The van der Waals surface area contributed by atoms with Gasteiger partial charge in [-0.25, -0.2) is 0 Å². The average molecular weight is 313 g/mol. The minimum Gasteiger partial charge on any atom is -0.451 e. The number of carbonyl (C=O) groups is 1. The predicted octanol–water partition coefficient (Wildman–Crippen LogP) is 3.52. The van der Waals surface area contributed by atoms with Crippen LogP contribution in [0.3, 0.4) is 0 Å². The number of rotatable bonds is 4. The van der Waals surface area contributed by atoms with Gasteiger partial charge in [0.25, 0.3) is 5.91 Å². The molecule has 1 N–H and O–H groups in total. The average Bonchev–Trinajstić information content (AvgIpc) is 3.23. The van der Waals surface area contributed by atoms with Gasteiger partial charge in [-0.1, -0.05) is 32.0 Å². The Morgan fingerprint density at radius 1 is 1.35 bits per heavy atom. The summed E-state index contributed by atoms with van der Waals surface area (Å²) in [5.41, 5.74) is 2.24. The molecule has 2 aromatic rings. The molecule has 4 heteroatoms. The molecule has 0 radical (unpaired) electrons. The molecular weight excluding hydrogens is 290 g/mol. The van der Waals surface area contributed by atoms with Crippen molar-refractivity contribution in [2.75, 3.05) is 19.7 Å². The maximum absolute atomic E-state index is 12.5. The number of benzene rings is 1. The van der Waals surface area contributed by atoms with Crippen molar-refractivity contribution in [3.63, 3.8) is 0 Å². The lowest BCUT2D eigenvalue weighted by Crippen LogP contribution is -2.28. The number of carbonyl (C=O) groups excluding carboxylic acids is 1. The Morgan fingerprint density at radius 2 is 2.17 bits per heavy atom. The van der Waals surface area contributed by atoms with Crippen molar-refractivity contribution in [2.45, 2.75) is 26.2 Å². The van der Waals surface area contributed by atoms with Crippen LogP contribution in [-0.4, -0.2) is 35.6 Å². The summed E-state index contributed by atoms with van der Waals surface area (Å²) in [4.78, 5) is 14.2. The van der Waals surface area contributed by atoms with E-state index >= 15 is 0 Å². The Kier molecular flexibility index (Phi) is 4.53. The second-order valence-electron chi connectivity index (χ2n) is 6.53. The molecule has 1 aliphatic heterocycles. The number of nitrogens with zero attached hydrogens (tertiary/aromatic N) is 1. The number of furan rings is 1. The molecule has 4 nitrogen and oxygen atoms in total. The van der Waals surface area contributed by atoms with Crippen LogP contribution in [0.15, 0.2) is 40.8 Å². The van der Waals surface area contributed by atoms with Crippen molar-refractivity contribution in [3.8, 4) is 11.3 Å². The summed E-state index contributed by atoms with van der Waals surface area (Å²) in [5, 5.41) is 9.20. The van der Waals surface area contributed by atoms with Gasteiger partial charge < -0.3 is 14.4 Å². The third-order valence-electron chi connectivity index (χ3n) is 4.49. The molecule has 23 heavy (non-hydrogen) atoms. The van der Waals surface area contributed by atoms with Gasteiger partial charge in [0.05, 0.1) is 0 Å². The molecule has 2 heterocycles. The maximum atomic E-state index is 12.5. The fraction of sp³-hybridized carbons (Fsp3) is 0.421. The van der Waals surface area contributed by atoms with Gasteiger partial charge >= 0.3 is 0 Å². The Morgan fingerprint density at radius 3 is 2.87 bits per heavy atom. The topological polar surface area (TPSA) is 53.7 Å². The van der Waals surface area contributed by atoms with Crippen LogP contribution in [0.1, 0.15) is 42.3 Å². The molecule has 0 aliphatic carbocycles. The standard InChI is InChI=1S/C19H23NO3/c1-13(2)15-4-3-5-16(10-15)17-6-7-18(23-17)19(22)20-9-8-14(11-20)12-21/h3-7,10,13-14,21H,8-9,11-12H2,1-2H3. The van der Waals surface area contributed by atoms with Gasteiger partial charge in [0, 0.05) is 31.2 Å². The molecule has 1 amide bonds. The minimum absolute atomic E-state index is 0.0905. The van der Waals surface area contributed by atoms with E-state index in [2.05, 4.69) is 26.0 Å². The normalized spacial score (nSPS) is 17.9. The molecule has 0 bridgehead atoms. The van der Waals surface area contributed by atoms with E-state index in [9.17, 15) is 9.90 Å². The molecule has 1 atom stereocenters. The lowest BCUT2D eigenvalue weighted by molar-refractivity contribution is 0.0751. The monoisotopic (exact) mass is 313 g/mol. The first kappa shape index (κ1) is 15.8. The van der Waals surface area contributed by atoms with Crippen LogP contribution in [0.25, 0.3) is 11.3 Å². The van der Waals surface area contributed by atoms with E-state index in [1.54, 1.807) is 11.0 Å². The predicted molar refractivity (Wildman–Crippen MR) is 89.3 cm³/mol. The van der Waals surface area contributed by atoms with E-state index in [0.29, 0.717) is 30.5 Å². The van der Waals surface area contributed by atoms with E-state index in [1.807, 2.05) is 18.2 Å². The van der Waals surface area contributed by atoms with Crippen LogP contribution in [0.5, 0.6) is 0 Å². The molecule has 1 fully saturated rings. The molecular formula is C19H23NO3. The summed E-state index contributed by atoms with van der Waals surface area (Å²) < 4.78 is 5.79. The second-order valence-corrected chi connectivity index (χ2v) is 6.53. The third kappa shape index (κ3) is 3.32. The van der Waals surface area contributed by atoms with Crippen molar-refractivity contribution in [1.29, 1.82) is 0 Å². The molecule has 0 saturated carbocycles. The number of amides is 1. The van der Waals surface area contributed by atoms with E-state index in [-0.39, 0.29) is 18.4 Å². The highest BCUT2D eigenvalue weighted by molar-refractivity contribution is 5.92. The first-order valence-electron chi connectivity index (χ1n) is 8.18. The van der Waals surface area contributed by atoms with E-state index in [0.717, 1.165) is 12.0 Å². The molecule has 0 spiro atoms. The largest absolute Gasteiger partial charge is 0.451 e. The number of aliphatic hydroxyl groups is 1. The van der Waals surface area contributed by atoms with Crippen molar-refractivity contribution < 1.29 is 14.3 Å². The van der Waals surface area contributed by atoms with Crippen LogP contribution in [0, 0.1) is 5.92 Å². The zero-order valence-corrected chi connectivity index (χ0v) is 13.7. The van der Waals surface area contributed by atoms with E-state index in [4.69, 9.17) is 4.42 Å². The summed E-state index contributed by atoms with van der Waals surface area (Å²) in [6, 6.07) is 11.8. The van der Waals surface area contributed by atoms with E-state index in [1.165, 1.54) is 5.56 Å². The number of aliphatic hydroxyl groups excluding tert-OH is 1. The molecule has 1 aromatic carbocycles. The fourth-order valence-corrected chi connectivity index (χ4v) is 2.98. The van der Waals surface area contributed by atoms with Crippen LogP contribution >= 0.6 is 0 Å². The summed E-state index contributed by atoms with van der Waals surface area (Å²) in [7, 11) is 0. The summed E-state index contributed by atoms with van der Waals surface area (Å²) in [6.45, 7) is 5.73. The smallest absolute Gasteiger partial charge is 0.289 e. The third-order valence-corrected chi connectivity index (χ3v) is 4.49. The number of likely N-dealkylation sites (tertiary alicyclic amines) is 1. The highest BCUT2D eigenvalue weighted by Crippen LogP contribution is 2.27. The van der Waals surface area contributed by atoms with E-state index < -0.39 is 0 Å². The maximum Gasteiger partial charge on any atom is 0.289 e. The lowest BCUT2D eigenvalue weighted by atomic mass is 10.0. The van der Waals surface area contributed by atoms with Gasteiger partial charge in [-0.2, -0.15) is 0 Å². The van der Waals surface area contributed by atoms with Crippen LogP contribution in [0.4, 0.5) is 0 Å². The quantitative estimate of drug-likeness (QED) is 0.939. The number of hydrogen-bond donors (Lipinski definition) is 1. The highest BCUT2D eigenvalue weighted by atomic mass is 16.4. The molecule has 1 aliphatic rings. The molecule has 1 unspecified atom stereocenters. The molecule has 3 rings (SSSR count). The molecule has 122 valence electrons. The Labute approximate surface area is 136 Å². The summed E-state index contributed by atoms with van der Waals surface area (Å²) >= 11 is 0. The Balaban J connectivity index is 1.78. The zero-order chi connectivity index (χ0) is 16.4. The fourth-order valence-electron chi connectivity index (χ4n) is 2.98. The van der Waals surface area contributed by atoms with Gasteiger partial charge in [0.15, 0.2) is 5.76 Å². The van der Waals surface area contributed by atoms with Crippen molar-refractivity contribution in [2.24, 2.45) is 5.92 Å². The zero-order valence-electron chi connectivity index (χ0n) is 13.7. The minimum atomic E-state index is -0.0905. The molecule has 1 aromatic heterocycles. The number of hydrogen-bond acceptors (Lipinski definition) is 3. The first-order valence-corrected chi connectivity index (χ1v) is 8.18. The Hall–Kier alpha value is -2.07. The molecule has 1 saturated heterocycles. The Bertz CT molecular complexity index is 689. The summed E-state index contributed by atoms with van der Waals surface area (Å²) in [6.07, 6.45) is 0.853. The lowest BCUT2D eigenvalue weighted by Gasteiger charge is -2.14. The van der Waals surface area contributed by atoms with Crippen LogP contribution in [0.2, 0.25) is 0 Å². The summed E-state index contributed by atoms with van der Waals surface area (Å²) in [5.74, 6) is 1.64. The van der Waals surface area contributed by atoms with Crippen LogP contribution < -0.4 is 0 Å². The van der Waals surface area contributed by atoms with Crippen molar-refractivity contribution in [3.05, 3.63) is 47.7 Å². The van der Waals surface area contributed by atoms with Gasteiger partial charge in [0.2, 0.25) is 0 Å². The van der Waals surface area contributed by atoms with Crippen LogP contribution in [-0.2, 0) is 0 Å². The van der Waals surface area contributed by atoms with Gasteiger partial charge in [-0.3, -0.25) is 4.79 Å². The SMILES string of the molecule is CC(C)c1cccc(-c2ccc(C(=O)N3CCC(CO)C3)o2)c1. The second kappa shape index (κ2) is 6.59. The first-order chi connectivity index (χ1) is 11.1. The van der Waals surface area contributed by atoms with Crippen molar-refractivity contribution in [1.82, 2.24) is 4.90 Å². The van der Waals surface area contributed by atoms with Gasteiger partial charge in [-0.15, -0.1) is 0 Å².